The van der Waals surface area contributed by atoms with Crippen LogP contribution < -0.4 is 10.1 Å². The number of carbonyl (C=O) groups is 1. The Labute approximate surface area is 165 Å². The molecule has 0 unspecified atom stereocenters. The number of rotatable bonds is 5. The molecular weight excluding hydrogens is 374 g/mol. The molecule has 4 aromatic rings. The molecule has 3 heterocycles. The standard InChI is InChI=1S/C20H17N5O2S/c1-12(26)24-16-11-14(6-7-21-16)20-25-17(13-4-3-5-15(10-13)27-2)18(28-20)19-22-8-9-23-19/h3-11H,1-2H3,(H,22,23)(H,21,24,26). The first-order valence-corrected chi connectivity index (χ1v) is 9.34. The van der Waals surface area contributed by atoms with E-state index < -0.39 is 0 Å². The zero-order valence-corrected chi connectivity index (χ0v) is 16.1. The van der Waals surface area contributed by atoms with Gasteiger partial charge in [0.2, 0.25) is 5.91 Å². The number of H-pyrrole nitrogens is 1. The van der Waals surface area contributed by atoms with E-state index in [1.165, 1.54) is 18.3 Å². The van der Waals surface area contributed by atoms with E-state index in [1.54, 1.807) is 25.7 Å². The molecule has 0 saturated carbocycles. The lowest BCUT2D eigenvalue weighted by Gasteiger charge is -2.04. The van der Waals surface area contributed by atoms with Crippen molar-refractivity contribution in [3.05, 3.63) is 55.0 Å². The van der Waals surface area contributed by atoms with Crippen LogP contribution in [0.25, 0.3) is 32.5 Å². The molecule has 0 radical (unpaired) electrons. The van der Waals surface area contributed by atoms with Crippen LogP contribution in [0.4, 0.5) is 5.82 Å². The van der Waals surface area contributed by atoms with Gasteiger partial charge in [0.15, 0.2) is 0 Å². The van der Waals surface area contributed by atoms with Gasteiger partial charge in [-0.1, -0.05) is 12.1 Å². The van der Waals surface area contributed by atoms with Crippen molar-refractivity contribution in [1.82, 2.24) is 19.9 Å². The average Bonchev–Trinajstić information content (AvgIpc) is 3.37. The van der Waals surface area contributed by atoms with Crippen LogP contribution in [-0.4, -0.2) is 33.0 Å². The molecule has 1 amide bonds. The van der Waals surface area contributed by atoms with Gasteiger partial charge in [-0.05, 0) is 24.3 Å². The second-order valence-corrected chi connectivity index (χ2v) is 6.98. The molecule has 8 heteroatoms. The second-order valence-electron chi connectivity index (χ2n) is 5.98. The van der Waals surface area contributed by atoms with Crippen molar-refractivity contribution < 1.29 is 9.53 Å². The number of benzene rings is 1. The fourth-order valence-corrected chi connectivity index (χ4v) is 3.82. The number of aromatic nitrogens is 4. The summed E-state index contributed by atoms with van der Waals surface area (Å²) in [4.78, 5) is 28.8. The second kappa shape index (κ2) is 7.61. The van der Waals surface area contributed by atoms with Gasteiger partial charge in [0.25, 0.3) is 0 Å². The van der Waals surface area contributed by atoms with Crippen LogP contribution in [0.15, 0.2) is 55.0 Å². The number of pyridine rings is 1. The molecule has 140 valence electrons. The first-order chi connectivity index (χ1) is 13.6. The third-order valence-corrected chi connectivity index (χ3v) is 5.11. The van der Waals surface area contributed by atoms with Crippen LogP contribution >= 0.6 is 11.3 Å². The summed E-state index contributed by atoms with van der Waals surface area (Å²) in [5.74, 6) is 1.83. The predicted molar refractivity (Wildman–Crippen MR) is 109 cm³/mol. The molecule has 2 N–H and O–H groups in total. The molecular formula is C20H17N5O2S. The van der Waals surface area contributed by atoms with Crippen LogP contribution in [0.1, 0.15) is 6.92 Å². The van der Waals surface area contributed by atoms with Crippen LogP contribution in [0.5, 0.6) is 5.75 Å². The first kappa shape index (κ1) is 17.9. The summed E-state index contributed by atoms with van der Waals surface area (Å²) >= 11 is 1.52. The molecule has 0 bridgehead atoms. The maximum Gasteiger partial charge on any atom is 0.222 e. The molecule has 7 nitrogen and oxygen atoms in total. The van der Waals surface area contributed by atoms with Gasteiger partial charge in [0.1, 0.15) is 22.4 Å². The maximum atomic E-state index is 11.3. The normalized spacial score (nSPS) is 10.6. The van der Waals surface area contributed by atoms with Gasteiger partial charge in [-0.25, -0.2) is 15.0 Å². The summed E-state index contributed by atoms with van der Waals surface area (Å²) in [7, 11) is 1.64. The van der Waals surface area contributed by atoms with Gasteiger partial charge in [-0.3, -0.25) is 4.79 Å². The number of nitrogens with zero attached hydrogens (tertiary/aromatic N) is 3. The number of thiazole rings is 1. The molecule has 0 saturated heterocycles. The Hall–Kier alpha value is -3.52. The van der Waals surface area contributed by atoms with Crippen molar-refractivity contribution in [2.24, 2.45) is 0 Å². The smallest absolute Gasteiger partial charge is 0.222 e. The molecule has 0 fully saturated rings. The van der Waals surface area contributed by atoms with E-state index >= 15 is 0 Å². The number of aromatic amines is 1. The molecule has 1 aromatic carbocycles. The molecule has 4 rings (SSSR count). The Morgan fingerprint density at radius 3 is 2.79 bits per heavy atom. The minimum atomic E-state index is -0.169. The van der Waals surface area contributed by atoms with Crippen LogP contribution in [0, 0.1) is 0 Å². The number of amides is 1. The number of hydrogen-bond donors (Lipinski definition) is 2. The fraction of sp³-hybridized carbons (Fsp3) is 0.100. The van der Waals surface area contributed by atoms with E-state index in [0.29, 0.717) is 5.82 Å². The number of anilines is 1. The quantitative estimate of drug-likeness (QED) is 0.531. The third kappa shape index (κ3) is 3.63. The van der Waals surface area contributed by atoms with Crippen molar-refractivity contribution in [2.75, 3.05) is 12.4 Å². The van der Waals surface area contributed by atoms with Gasteiger partial charge in [-0.2, -0.15) is 0 Å². The number of methoxy groups -OCH3 is 1. The maximum absolute atomic E-state index is 11.3. The number of carbonyl (C=O) groups excluding carboxylic acids is 1. The molecule has 3 aromatic heterocycles. The van der Waals surface area contributed by atoms with Gasteiger partial charge >= 0.3 is 0 Å². The molecule has 28 heavy (non-hydrogen) atoms. The Kier molecular flexibility index (Phi) is 4.86. The predicted octanol–water partition coefficient (Wildman–Crippen LogP) is 4.23. The third-order valence-electron chi connectivity index (χ3n) is 3.99. The summed E-state index contributed by atoms with van der Waals surface area (Å²) in [6.45, 7) is 1.45. The summed E-state index contributed by atoms with van der Waals surface area (Å²) in [6.07, 6.45) is 5.15. The summed E-state index contributed by atoms with van der Waals surface area (Å²) in [5, 5.41) is 3.51. The van der Waals surface area contributed by atoms with E-state index in [9.17, 15) is 4.79 Å². The summed E-state index contributed by atoms with van der Waals surface area (Å²) in [5.41, 5.74) is 2.61. The zero-order valence-electron chi connectivity index (χ0n) is 15.3. The Bertz CT molecular complexity index is 1120. The highest BCUT2D eigenvalue weighted by molar-refractivity contribution is 7.18. The van der Waals surface area contributed by atoms with Crippen molar-refractivity contribution in [1.29, 1.82) is 0 Å². The lowest BCUT2D eigenvalue weighted by molar-refractivity contribution is -0.114. The molecule has 0 aliphatic carbocycles. The molecule has 0 spiro atoms. The topological polar surface area (TPSA) is 92.8 Å². The van der Waals surface area contributed by atoms with Gasteiger partial charge in [0, 0.05) is 36.6 Å². The van der Waals surface area contributed by atoms with Crippen molar-refractivity contribution in [3.63, 3.8) is 0 Å². The van der Waals surface area contributed by atoms with Gasteiger partial charge in [-0.15, -0.1) is 11.3 Å². The van der Waals surface area contributed by atoms with Crippen molar-refractivity contribution in [2.45, 2.75) is 6.92 Å². The Balaban J connectivity index is 1.83. The van der Waals surface area contributed by atoms with Crippen LogP contribution in [0.3, 0.4) is 0 Å². The lowest BCUT2D eigenvalue weighted by atomic mass is 10.1. The van der Waals surface area contributed by atoms with Crippen molar-refractivity contribution >= 4 is 23.1 Å². The van der Waals surface area contributed by atoms with Crippen LogP contribution in [-0.2, 0) is 4.79 Å². The Morgan fingerprint density at radius 2 is 2.04 bits per heavy atom. The SMILES string of the molecule is COc1cccc(-c2nc(-c3ccnc(NC(C)=O)c3)sc2-c2ncc[nH]2)c1. The summed E-state index contributed by atoms with van der Waals surface area (Å²) in [6, 6.07) is 11.4. The fourth-order valence-electron chi connectivity index (χ4n) is 2.77. The Morgan fingerprint density at radius 1 is 1.14 bits per heavy atom. The largest absolute Gasteiger partial charge is 0.497 e. The van der Waals surface area contributed by atoms with E-state index in [4.69, 9.17) is 9.72 Å². The lowest BCUT2D eigenvalue weighted by Crippen LogP contribution is -2.07. The zero-order chi connectivity index (χ0) is 19.5. The number of ether oxygens (including phenoxy) is 1. The monoisotopic (exact) mass is 391 g/mol. The highest BCUT2D eigenvalue weighted by Gasteiger charge is 2.18. The number of nitrogens with one attached hydrogen (secondary N) is 2. The van der Waals surface area contributed by atoms with Gasteiger partial charge in [0.05, 0.1) is 17.7 Å². The number of imidazole rings is 1. The highest BCUT2D eigenvalue weighted by atomic mass is 32.1. The summed E-state index contributed by atoms with van der Waals surface area (Å²) < 4.78 is 5.35. The van der Waals surface area contributed by atoms with Gasteiger partial charge < -0.3 is 15.0 Å². The number of hydrogen-bond acceptors (Lipinski definition) is 6. The van der Waals surface area contributed by atoms with Crippen LogP contribution in [0.2, 0.25) is 0 Å². The van der Waals surface area contributed by atoms with E-state index in [0.717, 1.165) is 38.3 Å². The first-order valence-electron chi connectivity index (χ1n) is 8.53. The average molecular weight is 391 g/mol. The van der Waals surface area contributed by atoms with E-state index in [-0.39, 0.29) is 5.91 Å². The minimum Gasteiger partial charge on any atom is -0.497 e. The molecule has 0 atom stereocenters. The minimum absolute atomic E-state index is 0.169. The molecule has 0 aliphatic rings. The van der Waals surface area contributed by atoms with Crippen molar-refractivity contribution in [3.8, 4) is 38.3 Å². The highest BCUT2D eigenvalue weighted by Crippen LogP contribution is 2.40. The molecule has 0 aliphatic heterocycles. The van der Waals surface area contributed by atoms with E-state index in [1.807, 2.05) is 36.4 Å². The van der Waals surface area contributed by atoms with E-state index in [2.05, 4.69) is 20.3 Å².